The second-order valence-corrected chi connectivity index (χ2v) is 6.91. The number of carbonyl (C=O) groups excluding carboxylic acids is 2. The molecule has 5 nitrogen and oxygen atoms in total. The smallest absolute Gasteiger partial charge is 0.243 e. The van der Waals surface area contributed by atoms with E-state index in [1.807, 2.05) is 74.5 Å². The van der Waals surface area contributed by atoms with Gasteiger partial charge in [0.2, 0.25) is 11.8 Å². The molecule has 2 aromatic carbocycles. The van der Waals surface area contributed by atoms with Crippen LogP contribution in [0.3, 0.4) is 0 Å². The van der Waals surface area contributed by atoms with Crippen LogP contribution in [0, 0.1) is 0 Å². The molecule has 0 spiro atoms. The fourth-order valence-corrected chi connectivity index (χ4v) is 3.19. The number of carbonyl (C=O) groups is 2. The molecule has 0 saturated heterocycles. The SMILES string of the molecule is CCOCCCNC(=O)[C@H](Cc1ccccc1)N(Cc1ccccc1)C(=O)CC. The molecule has 2 aromatic rings. The number of nitrogens with zero attached hydrogens (tertiary/aromatic N) is 1. The third kappa shape index (κ3) is 7.70. The quantitative estimate of drug-likeness (QED) is 0.558. The molecule has 0 fully saturated rings. The lowest BCUT2D eigenvalue weighted by Crippen LogP contribution is -2.50. The monoisotopic (exact) mass is 396 g/mol. The van der Waals surface area contributed by atoms with E-state index in [0.29, 0.717) is 39.1 Å². The van der Waals surface area contributed by atoms with Crippen molar-refractivity contribution in [1.82, 2.24) is 10.2 Å². The molecule has 0 radical (unpaired) electrons. The summed E-state index contributed by atoms with van der Waals surface area (Å²) < 4.78 is 5.34. The molecule has 2 rings (SSSR count). The lowest BCUT2D eigenvalue weighted by Gasteiger charge is -2.31. The minimum absolute atomic E-state index is 0.0285. The fraction of sp³-hybridized carbons (Fsp3) is 0.417. The molecule has 0 saturated carbocycles. The first-order valence-electron chi connectivity index (χ1n) is 10.4. The molecule has 0 heterocycles. The third-order valence-electron chi connectivity index (χ3n) is 4.74. The molecular weight excluding hydrogens is 364 g/mol. The second-order valence-electron chi connectivity index (χ2n) is 6.91. The van der Waals surface area contributed by atoms with Gasteiger partial charge < -0.3 is 15.0 Å². The maximum absolute atomic E-state index is 13.1. The van der Waals surface area contributed by atoms with Crippen LogP contribution in [0.15, 0.2) is 60.7 Å². The minimum Gasteiger partial charge on any atom is -0.382 e. The van der Waals surface area contributed by atoms with Crippen molar-refractivity contribution < 1.29 is 14.3 Å². The van der Waals surface area contributed by atoms with Crippen molar-refractivity contribution in [3.8, 4) is 0 Å². The second kappa shape index (κ2) is 12.7. The van der Waals surface area contributed by atoms with Crippen molar-refractivity contribution in [2.75, 3.05) is 19.8 Å². The summed E-state index contributed by atoms with van der Waals surface area (Å²) in [6.45, 7) is 6.01. The van der Waals surface area contributed by atoms with Crippen molar-refractivity contribution in [3.05, 3.63) is 71.8 Å². The van der Waals surface area contributed by atoms with Crippen LogP contribution in [0.1, 0.15) is 37.8 Å². The van der Waals surface area contributed by atoms with Crippen molar-refractivity contribution in [3.63, 3.8) is 0 Å². The van der Waals surface area contributed by atoms with Gasteiger partial charge in [0, 0.05) is 39.1 Å². The molecule has 0 aliphatic rings. The Bertz CT molecular complexity index is 734. The minimum atomic E-state index is -0.558. The molecule has 0 aliphatic heterocycles. The predicted octanol–water partition coefficient (Wildman–Crippen LogP) is 3.58. The average molecular weight is 397 g/mol. The Balaban J connectivity index is 2.18. The molecule has 1 atom stereocenters. The van der Waals surface area contributed by atoms with E-state index in [1.54, 1.807) is 4.90 Å². The number of nitrogens with one attached hydrogen (secondary N) is 1. The van der Waals surface area contributed by atoms with Crippen molar-refractivity contribution in [1.29, 1.82) is 0 Å². The van der Waals surface area contributed by atoms with Crippen LogP contribution in [0.4, 0.5) is 0 Å². The third-order valence-corrected chi connectivity index (χ3v) is 4.74. The van der Waals surface area contributed by atoms with Gasteiger partial charge in [0.1, 0.15) is 6.04 Å². The first-order valence-corrected chi connectivity index (χ1v) is 10.4. The van der Waals surface area contributed by atoms with Gasteiger partial charge in [-0.1, -0.05) is 67.6 Å². The summed E-state index contributed by atoms with van der Waals surface area (Å²) in [5, 5.41) is 2.99. The average Bonchev–Trinajstić information content (AvgIpc) is 2.76. The van der Waals surface area contributed by atoms with Gasteiger partial charge in [0.05, 0.1) is 0 Å². The molecule has 5 heteroatoms. The van der Waals surface area contributed by atoms with Gasteiger partial charge in [-0.05, 0) is 24.5 Å². The summed E-state index contributed by atoms with van der Waals surface area (Å²) in [6.07, 6.45) is 1.59. The molecule has 0 unspecified atom stereocenters. The molecular formula is C24H32N2O3. The zero-order valence-electron chi connectivity index (χ0n) is 17.5. The van der Waals surface area contributed by atoms with Crippen LogP contribution >= 0.6 is 0 Å². The first-order chi connectivity index (χ1) is 14.2. The van der Waals surface area contributed by atoms with Crippen molar-refractivity contribution in [2.45, 2.75) is 45.7 Å². The van der Waals surface area contributed by atoms with Gasteiger partial charge in [-0.3, -0.25) is 9.59 Å². The lowest BCUT2D eigenvalue weighted by molar-refractivity contribution is -0.141. The lowest BCUT2D eigenvalue weighted by atomic mass is 10.0. The molecule has 29 heavy (non-hydrogen) atoms. The first kappa shape index (κ1) is 22.6. The summed E-state index contributed by atoms with van der Waals surface area (Å²) in [6, 6.07) is 19.1. The number of hydrogen-bond acceptors (Lipinski definition) is 3. The molecule has 156 valence electrons. The Morgan fingerprint density at radius 3 is 2.17 bits per heavy atom. The highest BCUT2D eigenvalue weighted by Crippen LogP contribution is 2.15. The van der Waals surface area contributed by atoms with E-state index in [-0.39, 0.29) is 11.8 Å². The number of benzene rings is 2. The predicted molar refractivity (Wildman–Crippen MR) is 115 cm³/mol. The van der Waals surface area contributed by atoms with Crippen LogP contribution < -0.4 is 5.32 Å². The van der Waals surface area contributed by atoms with Crippen molar-refractivity contribution in [2.24, 2.45) is 0 Å². The molecule has 0 aliphatic carbocycles. The Morgan fingerprint density at radius 1 is 0.966 bits per heavy atom. The van der Waals surface area contributed by atoms with Crippen molar-refractivity contribution >= 4 is 11.8 Å². The van der Waals surface area contributed by atoms with E-state index in [4.69, 9.17) is 4.74 Å². The van der Waals surface area contributed by atoms with E-state index >= 15 is 0 Å². The zero-order chi connectivity index (χ0) is 20.9. The molecule has 0 bridgehead atoms. The number of amides is 2. The van der Waals surface area contributed by atoms with Crippen LogP contribution in [0.2, 0.25) is 0 Å². The maximum Gasteiger partial charge on any atom is 0.243 e. The molecule has 1 N–H and O–H groups in total. The normalized spacial score (nSPS) is 11.7. The van der Waals surface area contributed by atoms with Gasteiger partial charge >= 0.3 is 0 Å². The standard InChI is InChI=1S/C24H32N2O3/c1-3-23(27)26(19-21-14-9-6-10-15-21)22(18-20-12-7-5-8-13-20)24(28)25-16-11-17-29-4-2/h5-10,12-15,22H,3-4,11,16-19H2,1-2H3,(H,25,28)/t22-/m0/s1. The van der Waals surface area contributed by atoms with E-state index < -0.39 is 6.04 Å². The summed E-state index contributed by atoms with van der Waals surface area (Å²) in [5.41, 5.74) is 2.04. The molecule has 2 amide bonds. The number of hydrogen-bond donors (Lipinski definition) is 1. The highest BCUT2D eigenvalue weighted by molar-refractivity contribution is 5.87. The summed E-state index contributed by atoms with van der Waals surface area (Å²) >= 11 is 0. The van der Waals surface area contributed by atoms with Gasteiger partial charge in [0.15, 0.2) is 0 Å². The largest absolute Gasteiger partial charge is 0.382 e. The Kier molecular flexibility index (Phi) is 9.93. The van der Waals surface area contributed by atoms with Crippen LogP contribution in [0.5, 0.6) is 0 Å². The topological polar surface area (TPSA) is 58.6 Å². The number of ether oxygens (including phenoxy) is 1. The number of rotatable bonds is 12. The van der Waals surface area contributed by atoms with E-state index in [2.05, 4.69) is 5.32 Å². The van der Waals surface area contributed by atoms with E-state index in [0.717, 1.165) is 17.5 Å². The highest BCUT2D eigenvalue weighted by Gasteiger charge is 2.29. The summed E-state index contributed by atoms with van der Waals surface area (Å²) in [5.74, 6) is -0.151. The van der Waals surface area contributed by atoms with Gasteiger partial charge in [0.25, 0.3) is 0 Å². The van der Waals surface area contributed by atoms with Crippen LogP contribution in [-0.4, -0.2) is 42.5 Å². The van der Waals surface area contributed by atoms with Gasteiger partial charge in [-0.2, -0.15) is 0 Å². The fourth-order valence-electron chi connectivity index (χ4n) is 3.19. The molecule has 0 aromatic heterocycles. The Hall–Kier alpha value is -2.66. The zero-order valence-corrected chi connectivity index (χ0v) is 17.5. The van der Waals surface area contributed by atoms with Crippen LogP contribution in [-0.2, 0) is 27.3 Å². The van der Waals surface area contributed by atoms with E-state index in [1.165, 1.54) is 0 Å². The van der Waals surface area contributed by atoms with Crippen LogP contribution in [0.25, 0.3) is 0 Å². The Morgan fingerprint density at radius 2 is 1.59 bits per heavy atom. The Labute approximate surface area is 174 Å². The highest BCUT2D eigenvalue weighted by atomic mass is 16.5. The van der Waals surface area contributed by atoms with Gasteiger partial charge in [-0.15, -0.1) is 0 Å². The van der Waals surface area contributed by atoms with Gasteiger partial charge in [-0.25, -0.2) is 0 Å². The summed E-state index contributed by atoms with van der Waals surface area (Å²) in [7, 11) is 0. The van der Waals surface area contributed by atoms with E-state index in [9.17, 15) is 9.59 Å². The summed E-state index contributed by atoms with van der Waals surface area (Å²) in [4.78, 5) is 27.6. The maximum atomic E-state index is 13.1.